The van der Waals surface area contributed by atoms with Gasteiger partial charge in [0.15, 0.2) is 11.5 Å². The number of halogens is 1. The fourth-order valence-electron chi connectivity index (χ4n) is 3.06. The second-order valence-corrected chi connectivity index (χ2v) is 7.26. The van der Waals surface area contributed by atoms with E-state index >= 15 is 0 Å². The molecule has 0 saturated carbocycles. The summed E-state index contributed by atoms with van der Waals surface area (Å²) < 4.78 is 11.3. The van der Waals surface area contributed by atoms with Crippen molar-refractivity contribution < 1.29 is 14.3 Å². The monoisotopic (exact) mass is 401 g/mol. The third-order valence-corrected chi connectivity index (χ3v) is 4.85. The highest BCUT2D eigenvalue weighted by Crippen LogP contribution is 2.36. The van der Waals surface area contributed by atoms with Gasteiger partial charge in [-0.25, -0.2) is 5.01 Å². The van der Waals surface area contributed by atoms with Gasteiger partial charge in [-0.1, -0.05) is 29.8 Å². The number of hydrazone groups is 1. The van der Waals surface area contributed by atoms with Crippen molar-refractivity contribution in [2.75, 3.05) is 34.4 Å². The average molecular weight is 402 g/mol. The van der Waals surface area contributed by atoms with Crippen LogP contribution in [-0.2, 0) is 4.79 Å². The molecule has 148 valence electrons. The first-order chi connectivity index (χ1) is 13.5. The standard InChI is InChI=1S/C21H24ClN3O3/c1-24(2)10-11-28-20-9-6-16(12-21(20)27-3)19-13-18(23-25(19)14-26)15-4-7-17(22)8-5-15/h4-9,12,14,19H,10-11,13H2,1-3H3. The van der Waals surface area contributed by atoms with E-state index in [9.17, 15) is 4.79 Å². The minimum atomic E-state index is -0.187. The summed E-state index contributed by atoms with van der Waals surface area (Å²) in [5.41, 5.74) is 2.74. The third-order valence-electron chi connectivity index (χ3n) is 4.60. The molecule has 1 amide bonds. The van der Waals surface area contributed by atoms with Gasteiger partial charge >= 0.3 is 0 Å². The van der Waals surface area contributed by atoms with Crippen LogP contribution in [0.5, 0.6) is 11.5 Å². The zero-order valence-corrected chi connectivity index (χ0v) is 17.0. The van der Waals surface area contributed by atoms with E-state index in [-0.39, 0.29) is 6.04 Å². The number of hydrogen-bond donors (Lipinski definition) is 0. The molecule has 3 rings (SSSR count). The highest BCUT2D eigenvalue weighted by atomic mass is 35.5. The molecule has 1 aliphatic heterocycles. The van der Waals surface area contributed by atoms with E-state index in [1.165, 1.54) is 5.01 Å². The van der Waals surface area contributed by atoms with Crippen LogP contribution in [0.2, 0.25) is 5.02 Å². The second-order valence-electron chi connectivity index (χ2n) is 6.82. The lowest BCUT2D eigenvalue weighted by Gasteiger charge is -2.19. The zero-order chi connectivity index (χ0) is 20.1. The van der Waals surface area contributed by atoms with Gasteiger partial charge in [-0.15, -0.1) is 0 Å². The molecule has 2 aromatic rings. The molecule has 1 aliphatic rings. The Labute approximate surface area is 170 Å². The number of carbonyl (C=O) groups is 1. The van der Waals surface area contributed by atoms with Gasteiger partial charge < -0.3 is 14.4 Å². The molecule has 6 nitrogen and oxygen atoms in total. The molecule has 28 heavy (non-hydrogen) atoms. The van der Waals surface area contributed by atoms with Crippen LogP contribution in [0, 0.1) is 0 Å². The largest absolute Gasteiger partial charge is 0.493 e. The van der Waals surface area contributed by atoms with Crippen molar-refractivity contribution in [3.05, 3.63) is 58.6 Å². The molecular weight excluding hydrogens is 378 g/mol. The average Bonchev–Trinajstić information content (AvgIpc) is 3.13. The lowest BCUT2D eigenvalue weighted by molar-refractivity contribution is -0.119. The number of ether oxygens (including phenoxy) is 2. The van der Waals surface area contributed by atoms with Crippen molar-refractivity contribution in [3.8, 4) is 11.5 Å². The summed E-state index contributed by atoms with van der Waals surface area (Å²) in [7, 11) is 5.60. The first-order valence-electron chi connectivity index (χ1n) is 9.04. The fraction of sp³-hybridized carbons (Fsp3) is 0.333. The van der Waals surface area contributed by atoms with Crippen LogP contribution < -0.4 is 9.47 Å². The number of hydrogen-bond acceptors (Lipinski definition) is 5. The fourth-order valence-corrected chi connectivity index (χ4v) is 3.19. The molecule has 1 heterocycles. The van der Waals surface area contributed by atoms with E-state index < -0.39 is 0 Å². The maximum atomic E-state index is 11.6. The maximum absolute atomic E-state index is 11.6. The smallest absolute Gasteiger partial charge is 0.230 e. The third kappa shape index (κ3) is 4.64. The van der Waals surface area contributed by atoms with Crippen molar-refractivity contribution >= 4 is 23.7 Å². The van der Waals surface area contributed by atoms with E-state index in [1.807, 2.05) is 56.6 Å². The summed E-state index contributed by atoms with van der Waals surface area (Å²) in [6, 6.07) is 13.0. The van der Waals surface area contributed by atoms with Gasteiger partial charge in [-0.05, 0) is 49.5 Å². The Morgan fingerprint density at radius 2 is 1.96 bits per heavy atom. The van der Waals surface area contributed by atoms with E-state index in [4.69, 9.17) is 21.1 Å². The van der Waals surface area contributed by atoms with Crippen molar-refractivity contribution in [2.45, 2.75) is 12.5 Å². The maximum Gasteiger partial charge on any atom is 0.230 e. The van der Waals surface area contributed by atoms with Gasteiger partial charge in [-0.2, -0.15) is 5.10 Å². The highest BCUT2D eigenvalue weighted by molar-refractivity contribution is 6.30. The Bertz CT molecular complexity index is 852. The summed E-state index contributed by atoms with van der Waals surface area (Å²) in [6.07, 6.45) is 1.37. The molecule has 0 bridgehead atoms. The molecule has 0 spiro atoms. The Balaban J connectivity index is 1.78. The van der Waals surface area contributed by atoms with Crippen molar-refractivity contribution in [1.82, 2.24) is 9.91 Å². The molecule has 0 aromatic heterocycles. The summed E-state index contributed by atoms with van der Waals surface area (Å²) in [6.45, 7) is 1.38. The lowest BCUT2D eigenvalue weighted by Crippen LogP contribution is -2.20. The first-order valence-corrected chi connectivity index (χ1v) is 9.42. The van der Waals surface area contributed by atoms with Crippen LogP contribution in [0.25, 0.3) is 0 Å². The van der Waals surface area contributed by atoms with E-state index in [0.29, 0.717) is 29.5 Å². The molecule has 0 saturated heterocycles. The Hall–Kier alpha value is -2.57. The summed E-state index contributed by atoms with van der Waals surface area (Å²) in [5, 5.41) is 6.59. The minimum absolute atomic E-state index is 0.187. The van der Waals surface area contributed by atoms with Gasteiger partial charge in [0.05, 0.1) is 18.9 Å². The summed E-state index contributed by atoms with van der Waals surface area (Å²) >= 11 is 5.97. The molecule has 0 fully saturated rings. The molecule has 1 atom stereocenters. The predicted octanol–water partition coefficient (Wildman–Crippen LogP) is 3.60. The molecule has 7 heteroatoms. The van der Waals surface area contributed by atoms with Crippen LogP contribution in [0.1, 0.15) is 23.6 Å². The normalized spacial score (nSPS) is 16.2. The lowest BCUT2D eigenvalue weighted by atomic mass is 9.98. The van der Waals surface area contributed by atoms with Crippen LogP contribution >= 0.6 is 11.6 Å². The predicted molar refractivity (Wildman–Crippen MR) is 110 cm³/mol. The SMILES string of the molecule is COc1cc(C2CC(c3ccc(Cl)cc3)=NN2C=O)ccc1OCCN(C)C. The van der Waals surface area contributed by atoms with E-state index in [1.54, 1.807) is 7.11 Å². The number of likely N-dealkylation sites (N-methyl/N-ethyl adjacent to an activating group) is 1. The number of carbonyl (C=O) groups excluding carboxylic acids is 1. The molecule has 1 unspecified atom stereocenters. The molecule has 0 radical (unpaired) electrons. The van der Waals surface area contributed by atoms with Crippen LogP contribution in [-0.4, -0.2) is 56.4 Å². The van der Waals surface area contributed by atoms with Crippen LogP contribution in [0.4, 0.5) is 0 Å². The molecular formula is C21H24ClN3O3. The number of rotatable bonds is 8. The molecule has 2 aromatic carbocycles. The summed E-state index contributed by atoms with van der Waals surface area (Å²) in [5.74, 6) is 1.32. The summed E-state index contributed by atoms with van der Waals surface area (Å²) in [4.78, 5) is 13.6. The second kappa shape index (κ2) is 9.08. The Morgan fingerprint density at radius 3 is 2.61 bits per heavy atom. The minimum Gasteiger partial charge on any atom is -0.493 e. The number of amides is 1. The van der Waals surface area contributed by atoms with Gasteiger partial charge in [-0.3, -0.25) is 4.79 Å². The van der Waals surface area contributed by atoms with Crippen molar-refractivity contribution in [1.29, 1.82) is 0 Å². The van der Waals surface area contributed by atoms with Crippen LogP contribution in [0.15, 0.2) is 47.6 Å². The first kappa shape index (κ1) is 20.2. The Kier molecular flexibility index (Phi) is 6.54. The van der Waals surface area contributed by atoms with Gasteiger partial charge in [0.2, 0.25) is 6.41 Å². The quantitative estimate of drug-likeness (QED) is 0.634. The molecule has 0 aliphatic carbocycles. The number of methoxy groups -OCH3 is 1. The van der Waals surface area contributed by atoms with Crippen LogP contribution in [0.3, 0.4) is 0 Å². The van der Waals surface area contributed by atoms with E-state index in [0.717, 1.165) is 29.8 Å². The van der Waals surface area contributed by atoms with Gasteiger partial charge in [0, 0.05) is 18.0 Å². The highest BCUT2D eigenvalue weighted by Gasteiger charge is 2.29. The van der Waals surface area contributed by atoms with E-state index in [2.05, 4.69) is 10.0 Å². The topological polar surface area (TPSA) is 54.4 Å². The van der Waals surface area contributed by atoms with Crippen molar-refractivity contribution in [3.63, 3.8) is 0 Å². The van der Waals surface area contributed by atoms with Gasteiger partial charge in [0.25, 0.3) is 0 Å². The Morgan fingerprint density at radius 1 is 1.21 bits per heavy atom. The number of benzene rings is 2. The van der Waals surface area contributed by atoms with Crippen molar-refractivity contribution in [2.24, 2.45) is 5.10 Å². The zero-order valence-electron chi connectivity index (χ0n) is 16.3. The number of nitrogens with zero attached hydrogens (tertiary/aromatic N) is 3. The molecule has 0 N–H and O–H groups in total. The van der Waals surface area contributed by atoms with Gasteiger partial charge in [0.1, 0.15) is 6.61 Å².